The standard InChI is InChI=1S/C48H92NO7P/c1-6-8-10-12-14-16-18-20-22-24-25-26-27-29-31-33-35-37-39-41-48(50)56-47(46-55-57(51,52)54-44-42-49(3,4)5)45-53-43-40-38-36-34-32-30-28-23-21-19-17-15-13-11-9-7-2/h14,16,20,22,40,43,47H,6-13,15,17-19,21,23-39,41-42,44-46H2,1-5H3/p+1/b16-14+,22-20+,43-40+/t47-/m1/s1. The quantitative estimate of drug-likeness (QED) is 0.0163. The number of allylic oxidation sites excluding steroid dienone is 5. The van der Waals surface area contributed by atoms with Crippen molar-refractivity contribution in [2.75, 3.05) is 47.5 Å². The van der Waals surface area contributed by atoms with Crippen LogP contribution in [0.15, 0.2) is 36.6 Å². The van der Waals surface area contributed by atoms with Crippen molar-refractivity contribution in [2.24, 2.45) is 0 Å². The summed E-state index contributed by atoms with van der Waals surface area (Å²) in [6, 6.07) is 0. The van der Waals surface area contributed by atoms with E-state index in [9.17, 15) is 14.3 Å². The van der Waals surface area contributed by atoms with E-state index in [4.69, 9.17) is 18.5 Å². The molecule has 57 heavy (non-hydrogen) atoms. The Bertz CT molecular complexity index is 1010. The average Bonchev–Trinajstić information content (AvgIpc) is 3.16. The summed E-state index contributed by atoms with van der Waals surface area (Å²) in [4.78, 5) is 22.9. The molecule has 0 amide bonds. The molecule has 0 aliphatic rings. The third kappa shape index (κ3) is 45.5. The van der Waals surface area contributed by atoms with Crippen molar-refractivity contribution >= 4 is 13.8 Å². The van der Waals surface area contributed by atoms with E-state index < -0.39 is 13.9 Å². The van der Waals surface area contributed by atoms with Crippen molar-refractivity contribution in [1.29, 1.82) is 0 Å². The fourth-order valence-corrected chi connectivity index (χ4v) is 7.29. The maximum absolute atomic E-state index is 12.7. The van der Waals surface area contributed by atoms with Gasteiger partial charge in [-0.15, -0.1) is 0 Å². The molecule has 0 heterocycles. The van der Waals surface area contributed by atoms with Crippen molar-refractivity contribution in [3.8, 4) is 0 Å². The predicted octanol–water partition coefficient (Wildman–Crippen LogP) is 14.5. The minimum Gasteiger partial charge on any atom is -0.498 e. The zero-order valence-corrected chi connectivity index (χ0v) is 39.0. The number of quaternary nitrogens is 1. The second-order valence-corrected chi connectivity index (χ2v) is 18.7. The topological polar surface area (TPSA) is 91.3 Å². The van der Waals surface area contributed by atoms with Crippen LogP contribution in [-0.2, 0) is 27.9 Å². The number of hydrogen-bond acceptors (Lipinski definition) is 6. The van der Waals surface area contributed by atoms with Crippen molar-refractivity contribution in [2.45, 2.75) is 219 Å². The lowest BCUT2D eigenvalue weighted by Crippen LogP contribution is -2.37. The highest BCUT2D eigenvalue weighted by Crippen LogP contribution is 2.43. The molecule has 1 N–H and O–H groups in total. The fraction of sp³-hybridized carbons (Fsp3) is 0.854. The SMILES string of the molecule is CCCCC/C=C/C/C=C/CCCCCCCCCCCC(=O)O[C@H](CO/C=C/CCCCCCCCCCCCCCCC)COP(=O)(O)OCC[N+](C)(C)C. The van der Waals surface area contributed by atoms with Gasteiger partial charge in [-0.05, 0) is 57.4 Å². The van der Waals surface area contributed by atoms with Crippen LogP contribution in [0.4, 0.5) is 0 Å². The van der Waals surface area contributed by atoms with E-state index in [1.165, 1.54) is 154 Å². The molecule has 9 heteroatoms. The van der Waals surface area contributed by atoms with Crippen LogP contribution in [-0.4, -0.2) is 69.0 Å². The molecule has 1 unspecified atom stereocenters. The summed E-state index contributed by atoms with van der Waals surface area (Å²) >= 11 is 0. The first-order valence-corrected chi connectivity index (χ1v) is 25.3. The summed E-state index contributed by atoms with van der Waals surface area (Å²) < 4.78 is 34.8. The lowest BCUT2D eigenvalue weighted by molar-refractivity contribution is -0.870. The van der Waals surface area contributed by atoms with Gasteiger partial charge in [-0.3, -0.25) is 13.8 Å². The van der Waals surface area contributed by atoms with Crippen LogP contribution in [0, 0.1) is 0 Å². The zero-order valence-electron chi connectivity index (χ0n) is 38.1. The summed E-state index contributed by atoms with van der Waals surface area (Å²) in [5.74, 6) is -0.339. The summed E-state index contributed by atoms with van der Waals surface area (Å²) in [7, 11) is 1.64. The molecule has 0 aliphatic heterocycles. The molecule has 0 rings (SSSR count). The first kappa shape index (κ1) is 55.6. The van der Waals surface area contributed by atoms with Crippen LogP contribution < -0.4 is 0 Å². The number of likely N-dealkylation sites (N-methyl/N-ethyl adjacent to an activating group) is 1. The molecule has 336 valence electrons. The molecule has 0 saturated carbocycles. The van der Waals surface area contributed by atoms with Gasteiger partial charge in [0.15, 0.2) is 6.10 Å². The molecule has 2 atom stereocenters. The lowest BCUT2D eigenvalue weighted by atomic mass is 10.0. The molecule has 0 bridgehead atoms. The zero-order chi connectivity index (χ0) is 42.0. The summed E-state index contributed by atoms with van der Waals surface area (Å²) in [5, 5.41) is 0. The van der Waals surface area contributed by atoms with Gasteiger partial charge >= 0.3 is 13.8 Å². The molecule has 8 nitrogen and oxygen atoms in total. The number of carbonyl (C=O) groups is 1. The van der Waals surface area contributed by atoms with Gasteiger partial charge in [-0.25, -0.2) is 4.57 Å². The predicted molar refractivity (Wildman–Crippen MR) is 242 cm³/mol. The number of rotatable bonds is 44. The fourth-order valence-electron chi connectivity index (χ4n) is 6.55. The van der Waals surface area contributed by atoms with Gasteiger partial charge in [0.25, 0.3) is 0 Å². The van der Waals surface area contributed by atoms with Crippen LogP contribution in [0.5, 0.6) is 0 Å². The Labute approximate surface area is 353 Å². The maximum Gasteiger partial charge on any atom is 0.472 e. The molecule has 0 spiro atoms. The number of ether oxygens (including phenoxy) is 2. The monoisotopic (exact) mass is 827 g/mol. The minimum atomic E-state index is -4.29. The number of phosphoric acid groups is 1. The molecule has 0 saturated heterocycles. The van der Waals surface area contributed by atoms with Gasteiger partial charge in [-0.2, -0.15) is 0 Å². The molecule has 0 aromatic heterocycles. The van der Waals surface area contributed by atoms with E-state index in [-0.39, 0.29) is 25.8 Å². The van der Waals surface area contributed by atoms with E-state index in [0.717, 1.165) is 38.5 Å². The Morgan fingerprint density at radius 1 is 0.561 bits per heavy atom. The molecular formula is C48H93NO7P+. The first-order valence-electron chi connectivity index (χ1n) is 23.8. The number of hydrogen-bond donors (Lipinski definition) is 1. The molecule has 0 aromatic carbocycles. The van der Waals surface area contributed by atoms with Crippen molar-refractivity contribution < 1.29 is 37.3 Å². The highest BCUT2D eigenvalue weighted by molar-refractivity contribution is 7.47. The Morgan fingerprint density at radius 3 is 1.47 bits per heavy atom. The van der Waals surface area contributed by atoms with Gasteiger partial charge in [0.2, 0.25) is 0 Å². The van der Waals surface area contributed by atoms with Gasteiger partial charge in [-0.1, -0.05) is 179 Å². The van der Waals surface area contributed by atoms with E-state index in [1.54, 1.807) is 6.26 Å². The first-order chi connectivity index (χ1) is 27.6. The summed E-state index contributed by atoms with van der Waals surface area (Å²) in [5.41, 5.74) is 0. The van der Waals surface area contributed by atoms with Gasteiger partial charge < -0.3 is 18.9 Å². The lowest BCUT2D eigenvalue weighted by Gasteiger charge is -2.24. The molecule has 0 aliphatic carbocycles. The highest BCUT2D eigenvalue weighted by atomic mass is 31.2. The third-order valence-corrected chi connectivity index (χ3v) is 11.3. The van der Waals surface area contributed by atoms with Gasteiger partial charge in [0.1, 0.15) is 19.8 Å². The van der Waals surface area contributed by atoms with E-state index in [1.807, 2.05) is 27.2 Å². The maximum atomic E-state index is 12.7. The molecule has 0 radical (unpaired) electrons. The van der Waals surface area contributed by atoms with Crippen molar-refractivity contribution in [1.82, 2.24) is 0 Å². The average molecular weight is 827 g/mol. The van der Waals surface area contributed by atoms with Gasteiger partial charge in [0, 0.05) is 6.42 Å². The molecular weight excluding hydrogens is 734 g/mol. The largest absolute Gasteiger partial charge is 0.498 e. The molecule has 0 fully saturated rings. The third-order valence-electron chi connectivity index (χ3n) is 10.3. The highest BCUT2D eigenvalue weighted by Gasteiger charge is 2.26. The molecule has 0 aromatic rings. The Balaban J connectivity index is 4.23. The van der Waals surface area contributed by atoms with E-state index in [2.05, 4.69) is 38.2 Å². The number of esters is 1. The van der Waals surface area contributed by atoms with E-state index >= 15 is 0 Å². The number of phosphoric ester groups is 1. The van der Waals surface area contributed by atoms with Crippen molar-refractivity contribution in [3.63, 3.8) is 0 Å². The number of unbranched alkanes of at least 4 members (excludes halogenated alkanes) is 26. The normalized spacial score (nSPS) is 13.9. The smallest absolute Gasteiger partial charge is 0.472 e. The van der Waals surface area contributed by atoms with Gasteiger partial charge in [0.05, 0.1) is 34.0 Å². The van der Waals surface area contributed by atoms with E-state index in [0.29, 0.717) is 17.4 Å². The van der Waals surface area contributed by atoms with Crippen LogP contribution in [0.2, 0.25) is 0 Å². The van der Waals surface area contributed by atoms with Crippen LogP contribution >= 0.6 is 7.82 Å². The van der Waals surface area contributed by atoms with Crippen molar-refractivity contribution in [3.05, 3.63) is 36.6 Å². The minimum absolute atomic E-state index is 0.0483. The number of carbonyl (C=O) groups excluding carboxylic acids is 1. The second kappa shape index (κ2) is 41.3. The summed E-state index contributed by atoms with van der Waals surface area (Å²) in [6.45, 7) is 4.92. The van der Waals surface area contributed by atoms with Crippen LogP contribution in [0.25, 0.3) is 0 Å². The Kier molecular flexibility index (Phi) is 40.3. The van der Waals surface area contributed by atoms with Crippen LogP contribution in [0.3, 0.4) is 0 Å². The Hall–Kier alpha value is -1.44. The van der Waals surface area contributed by atoms with Crippen LogP contribution in [0.1, 0.15) is 213 Å². The number of nitrogens with zero attached hydrogens (tertiary/aromatic N) is 1. The Morgan fingerprint density at radius 2 is 0.982 bits per heavy atom. The second-order valence-electron chi connectivity index (χ2n) is 17.2. The summed E-state index contributed by atoms with van der Waals surface area (Å²) in [6.07, 6.45) is 49.9.